The molecule has 0 saturated carbocycles. The summed E-state index contributed by atoms with van der Waals surface area (Å²) in [6, 6.07) is 13.2. The minimum Gasteiger partial charge on any atom is -0.339 e. The van der Waals surface area contributed by atoms with E-state index in [1.807, 2.05) is 0 Å². The van der Waals surface area contributed by atoms with Crippen LogP contribution >= 0.6 is 11.6 Å². The predicted octanol–water partition coefficient (Wildman–Crippen LogP) is 3.79. The van der Waals surface area contributed by atoms with Gasteiger partial charge in [0, 0.05) is 43.3 Å². The molecular formula is C20H21ClFN3O2. The van der Waals surface area contributed by atoms with Crippen LogP contribution in [0.15, 0.2) is 48.5 Å². The molecule has 0 radical (unpaired) electrons. The number of nitrogens with zero attached hydrogens (tertiary/aromatic N) is 2. The fourth-order valence-corrected chi connectivity index (χ4v) is 3.22. The van der Waals surface area contributed by atoms with Gasteiger partial charge in [-0.3, -0.25) is 4.79 Å². The summed E-state index contributed by atoms with van der Waals surface area (Å²) in [5.41, 5.74) is 1.18. The second-order valence-electron chi connectivity index (χ2n) is 6.40. The third-order valence-corrected chi connectivity index (χ3v) is 4.80. The zero-order chi connectivity index (χ0) is 19.2. The summed E-state index contributed by atoms with van der Waals surface area (Å²) >= 11 is 5.92. The number of nitrogens with one attached hydrogen (secondary N) is 1. The van der Waals surface area contributed by atoms with E-state index >= 15 is 0 Å². The SMILES string of the molecule is O=C(CCc1ccccc1F)N1CCN(C(=O)Nc2cccc(Cl)c2)CC1. The summed E-state index contributed by atoms with van der Waals surface area (Å²) in [6.07, 6.45) is 0.636. The van der Waals surface area contributed by atoms with Crippen molar-refractivity contribution in [2.24, 2.45) is 0 Å². The number of hydrogen-bond donors (Lipinski definition) is 1. The molecule has 0 spiro atoms. The summed E-state index contributed by atoms with van der Waals surface area (Å²) in [7, 11) is 0. The maximum Gasteiger partial charge on any atom is 0.321 e. The van der Waals surface area contributed by atoms with Gasteiger partial charge in [-0.1, -0.05) is 35.9 Å². The highest BCUT2D eigenvalue weighted by Gasteiger charge is 2.24. The molecular weight excluding hydrogens is 369 g/mol. The topological polar surface area (TPSA) is 52.7 Å². The van der Waals surface area contributed by atoms with Gasteiger partial charge in [0.1, 0.15) is 5.82 Å². The Morgan fingerprint density at radius 3 is 2.41 bits per heavy atom. The van der Waals surface area contributed by atoms with Gasteiger partial charge in [-0.25, -0.2) is 9.18 Å². The molecule has 0 unspecified atom stereocenters. The number of anilines is 1. The van der Waals surface area contributed by atoms with Crippen LogP contribution in [0.5, 0.6) is 0 Å². The van der Waals surface area contributed by atoms with E-state index in [2.05, 4.69) is 5.32 Å². The molecule has 2 aromatic carbocycles. The number of halogens is 2. The van der Waals surface area contributed by atoms with Crippen molar-refractivity contribution in [3.63, 3.8) is 0 Å². The highest BCUT2D eigenvalue weighted by atomic mass is 35.5. The molecule has 3 amide bonds. The summed E-state index contributed by atoms with van der Waals surface area (Å²) in [5, 5.41) is 3.36. The molecule has 27 heavy (non-hydrogen) atoms. The standard InChI is InChI=1S/C20H21ClFN3O2/c21-16-5-3-6-17(14-16)23-20(27)25-12-10-24(11-13-25)19(26)9-8-15-4-1-2-7-18(15)22/h1-7,14H,8-13H2,(H,23,27). The second-order valence-corrected chi connectivity index (χ2v) is 6.84. The van der Waals surface area contributed by atoms with Gasteiger partial charge in [-0.05, 0) is 36.2 Å². The van der Waals surface area contributed by atoms with Crippen LogP contribution in [0.4, 0.5) is 14.9 Å². The van der Waals surface area contributed by atoms with E-state index in [0.29, 0.717) is 48.9 Å². The fraction of sp³-hybridized carbons (Fsp3) is 0.300. The first kappa shape index (κ1) is 19.2. The van der Waals surface area contributed by atoms with Crippen LogP contribution in [-0.2, 0) is 11.2 Å². The van der Waals surface area contributed by atoms with E-state index in [9.17, 15) is 14.0 Å². The number of urea groups is 1. The molecule has 0 atom stereocenters. The number of benzene rings is 2. The van der Waals surface area contributed by atoms with Gasteiger partial charge < -0.3 is 15.1 Å². The minimum absolute atomic E-state index is 0.0202. The molecule has 5 nitrogen and oxygen atoms in total. The van der Waals surface area contributed by atoms with Crippen molar-refractivity contribution in [1.29, 1.82) is 0 Å². The molecule has 7 heteroatoms. The fourth-order valence-electron chi connectivity index (χ4n) is 3.03. The Balaban J connectivity index is 1.46. The zero-order valence-corrected chi connectivity index (χ0v) is 15.6. The van der Waals surface area contributed by atoms with Crippen LogP contribution in [0, 0.1) is 5.82 Å². The van der Waals surface area contributed by atoms with E-state index in [0.717, 1.165) is 0 Å². The molecule has 1 heterocycles. The summed E-state index contributed by atoms with van der Waals surface area (Å²) in [4.78, 5) is 28.1. The number of carbonyl (C=O) groups excluding carboxylic acids is 2. The van der Waals surface area contributed by atoms with Gasteiger partial charge in [-0.2, -0.15) is 0 Å². The largest absolute Gasteiger partial charge is 0.339 e. The van der Waals surface area contributed by atoms with Crippen LogP contribution in [0.3, 0.4) is 0 Å². The first-order valence-electron chi connectivity index (χ1n) is 8.85. The monoisotopic (exact) mass is 389 g/mol. The van der Waals surface area contributed by atoms with Gasteiger partial charge in [0.15, 0.2) is 0 Å². The quantitative estimate of drug-likeness (QED) is 0.865. The molecule has 142 valence electrons. The Morgan fingerprint density at radius 2 is 1.70 bits per heavy atom. The van der Waals surface area contributed by atoms with E-state index < -0.39 is 0 Å². The number of hydrogen-bond acceptors (Lipinski definition) is 2. The Hall–Kier alpha value is -2.60. The number of amides is 3. The Kier molecular flexibility index (Phi) is 6.29. The lowest BCUT2D eigenvalue weighted by Crippen LogP contribution is -2.51. The van der Waals surface area contributed by atoms with Crippen molar-refractivity contribution in [3.05, 3.63) is 64.9 Å². The molecule has 0 aromatic heterocycles. The average molecular weight is 390 g/mol. The lowest BCUT2D eigenvalue weighted by atomic mass is 10.1. The average Bonchev–Trinajstić information content (AvgIpc) is 2.67. The molecule has 1 aliphatic rings. The maximum atomic E-state index is 13.6. The molecule has 2 aromatic rings. The van der Waals surface area contributed by atoms with Crippen molar-refractivity contribution in [2.75, 3.05) is 31.5 Å². The molecule has 1 N–H and O–H groups in total. The molecule has 0 bridgehead atoms. The van der Waals surface area contributed by atoms with Crippen molar-refractivity contribution in [2.45, 2.75) is 12.8 Å². The summed E-state index contributed by atoms with van der Waals surface area (Å²) in [5.74, 6) is -0.305. The van der Waals surface area contributed by atoms with E-state index in [1.54, 1.807) is 52.3 Å². The van der Waals surface area contributed by atoms with Crippen LogP contribution in [-0.4, -0.2) is 47.9 Å². The molecule has 1 saturated heterocycles. The van der Waals surface area contributed by atoms with E-state index in [-0.39, 0.29) is 24.2 Å². The number of aryl methyl sites for hydroxylation is 1. The van der Waals surface area contributed by atoms with Gasteiger partial charge in [0.2, 0.25) is 5.91 Å². The predicted molar refractivity (Wildman–Crippen MR) is 103 cm³/mol. The lowest BCUT2D eigenvalue weighted by molar-refractivity contribution is -0.132. The normalized spacial score (nSPS) is 14.1. The van der Waals surface area contributed by atoms with Crippen molar-refractivity contribution >= 4 is 29.2 Å². The van der Waals surface area contributed by atoms with Gasteiger partial charge >= 0.3 is 6.03 Å². The van der Waals surface area contributed by atoms with Gasteiger partial charge in [0.25, 0.3) is 0 Å². The Morgan fingerprint density at radius 1 is 1.00 bits per heavy atom. The lowest BCUT2D eigenvalue weighted by Gasteiger charge is -2.34. The first-order chi connectivity index (χ1) is 13.0. The van der Waals surface area contributed by atoms with Crippen molar-refractivity contribution in [3.8, 4) is 0 Å². The van der Waals surface area contributed by atoms with Crippen LogP contribution in [0.25, 0.3) is 0 Å². The van der Waals surface area contributed by atoms with Gasteiger partial charge in [0.05, 0.1) is 0 Å². The third-order valence-electron chi connectivity index (χ3n) is 4.56. The smallest absolute Gasteiger partial charge is 0.321 e. The highest BCUT2D eigenvalue weighted by molar-refractivity contribution is 6.30. The molecule has 1 fully saturated rings. The number of carbonyl (C=O) groups is 2. The summed E-state index contributed by atoms with van der Waals surface area (Å²) < 4.78 is 13.6. The van der Waals surface area contributed by atoms with Crippen LogP contribution < -0.4 is 5.32 Å². The van der Waals surface area contributed by atoms with E-state index in [4.69, 9.17) is 11.6 Å². The second kappa shape index (κ2) is 8.86. The van der Waals surface area contributed by atoms with E-state index in [1.165, 1.54) is 6.07 Å². The summed E-state index contributed by atoms with van der Waals surface area (Å²) in [6.45, 7) is 1.85. The molecule has 3 rings (SSSR count). The molecule has 1 aliphatic heterocycles. The number of rotatable bonds is 4. The van der Waals surface area contributed by atoms with Crippen LogP contribution in [0.1, 0.15) is 12.0 Å². The Bertz CT molecular complexity index is 822. The molecule has 0 aliphatic carbocycles. The third kappa shape index (κ3) is 5.20. The highest BCUT2D eigenvalue weighted by Crippen LogP contribution is 2.16. The van der Waals surface area contributed by atoms with Crippen molar-refractivity contribution in [1.82, 2.24) is 9.80 Å². The first-order valence-corrected chi connectivity index (χ1v) is 9.23. The maximum absolute atomic E-state index is 13.6. The zero-order valence-electron chi connectivity index (χ0n) is 14.8. The number of piperazine rings is 1. The Labute approximate surface area is 162 Å². The van der Waals surface area contributed by atoms with Gasteiger partial charge in [-0.15, -0.1) is 0 Å². The van der Waals surface area contributed by atoms with Crippen LogP contribution in [0.2, 0.25) is 5.02 Å². The van der Waals surface area contributed by atoms with Crippen molar-refractivity contribution < 1.29 is 14.0 Å². The minimum atomic E-state index is -0.284.